The van der Waals surface area contributed by atoms with Crippen molar-refractivity contribution in [3.63, 3.8) is 0 Å². The number of anilines is 2. The molecule has 3 aromatic carbocycles. The summed E-state index contributed by atoms with van der Waals surface area (Å²) in [7, 11) is 3.00. The van der Waals surface area contributed by atoms with Gasteiger partial charge in [0.2, 0.25) is 0 Å². The monoisotopic (exact) mass is 596 g/mol. The molecule has 4 aromatic rings. The summed E-state index contributed by atoms with van der Waals surface area (Å²) in [5.74, 6) is 0.646. The SMILES string of the molecule is COc1cc2nccc(Oc3ccc(NC(=O)Nc4ccc(C=C5CCNCC5)c(C(F)(F)F)c4)c(F)c3)c2cc1OC. The zero-order chi connectivity index (χ0) is 30.6. The first-order valence-electron chi connectivity index (χ1n) is 13.3. The Morgan fingerprint density at radius 1 is 0.930 bits per heavy atom. The molecule has 0 spiro atoms. The number of hydrogen-bond acceptors (Lipinski definition) is 6. The summed E-state index contributed by atoms with van der Waals surface area (Å²) in [4.78, 5) is 16.9. The lowest BCUT2D eigenvalue weighted by molar-refractivity contribution is -0.137. The number of nitrogens with zero attached hydrogens (tertiary/aromatic N) is 1. The van der Waals surface area contributed by atoms with Gasteiger partial charge in [0.05, 0.1) is 31.0 Å². The molecule has 1 fully saturated rings. The van der Waals surface area contributed by atoms with Gasteiger partial charge < -0.3 is 30.2 Å². The number of urea groups is 1. The molecule has 5 rings (SSSR count). The van der Waals surface area contributed by atoms with Crippen molar-refractivity contribution < 1.29 is 36.6 Å². The van der Waals surface area contributed by atoms with E-state index in [1.54, 1.807) is 24.3 Å². The summed E-state index contributed by atoms with van der Waals surface area (Å²) in [5.41, 5.74) is 0.353. The molecule has 3 N–H and O–H groups in total. The summed E-state index contributed by atoms with van der Waals surface area (Å²) < 4.78 is 73.0. The molecule has 0 radical (unpaired) electrons. The van der Waals surface area contributed by atoms with E-state index in [0.29, 0.717) is 54.1 Å². The van der Waals surface area contributed by atoms with Crippen LogP contribution in [0, 0.1) is 5.82 Å². The van der Waals surface area contributed by atoms with E-state index in [9.17, 15) is 22.4 Å². The van der Waals surface area contributed by atoms with Crippen LogP contribution in [0.25, 0.3) is 17.0 Å². The molecule has 2 heterocycles. The number of benzene rings is 3. The average molecular weight is 597 g/mol. The number of aromatic nitrogens is 1. The molecule has 1 aromatic heterocycles. The maximum absolute atomic E-state index is 14.9. The van der Waals surface area contributed by atoms with Crippen molar-refractivity contribution in [3.8, 4) is 23.0 Å². The van der Waals surface area contributed by atoms with Gasteiger partial charge in [-0.3, -0.25) is 4.98 Å². The molecule has 0 bridgehead atoms. The molecule has 2 amide bonds. The zero-order valence-corrected chi connectivity index (χ0v) is 23.3. The molecule has 1 saturated heterocycles. The number of amides is 2. The van der Waals surface area contributed by atoms with Gasteiger partial charge in [-0.1, -0.05) is 17.7 Å². The number of ether oxygens (including phenoxy) is 3. The van der Waals surface area contributed by atoms with Gasteiger partial charge in [0.15, 0.2) is 11.5 Å². The second-order valence-electron chi connectivity index (χ2n) is 9.71. The molecule has 12 heteroatoms. The van der Waals surface area contributed by atoms with E-state index in [4.69, 9.17) is 14.2 Å². The Labute approximate surface area is 244 Å². The number of carbonyl (C=O) groups excluding carboxylic acids is 1. The fraction of sp³-hybridized carbons (Fsp3) is 0.226. The summed E-state index contributed by atoms with van der Waals surface area (Å²) in [5, 5.41) is 8.43. The highest BCUT2D eigenvalue weighted by atomic mass is 19.4. The predicted octanol–water partition coefficient (Wildman–Crippen LogP) is 7.61. The minimum Gasteiger partial charge on any atom is -0.493 e. The molecule has 0 aliphatic carbocycles. The highest BCUT2D eigenvalue weighted by molar-refractivity contribution is 6.00. The number of alkyl halides is 3. The number of fused-ring (bicyclic) bond motifs is 1. The van der Waals surface area contributed by atoms with Crippen molar-refractivity contribution in [2.75, 3.05) is 37.9 Å². The largest absolute Gasteiger partial charge is 0.493 e. The van der Waals surface area contributed by atoms with Crippen molar-refractivity contribution in [2.24, 2.45) is 0 Å². The molecular formula is C31H28F4N4O4. The average Bonchev–Trinajstić information content (AvgIpc) is 2.98. The Kier molecular flexibility index (Phi) is 8.67. The zero-order valence-electron chi connectivity index (χ0n) is 23.3. The van der Waals surface area contributed by atoms with E-state index < -0.39 is 23.6 Å². The van der Waals surface area contributed by atoms with Crippen molar-refractivity contribution in [2.45, 2.75) is 19.0 Å². The van der Waals surface area contributed by atoms with Crippen molar-refractivity contribution in [1.82, 2.24) is 10.3 Å². The van der Waals surface area contributed by atoms with Gasteiger partial charge in [-0.05, 0) is 67.9 Å². The van der Waals surface area contributed by atoms with E-state index in [1.165, 1.54) is 44.7 Å². The Bertz CT molecular complexity index is 1680. The van der Waals surface area contributed by atoms with Gasteiger partial charge in [0.25, 0.3) is 0 Å². The van der Waals surface area contributed by atoms with Crippen LogP contribution in [0.5, 0.6) is 23.0 Å². The van der Waals surface area contributed by atoms with Crippen molar-refractivity contribution in [1.29, 1.82) is 0 Å². The molecule has 224 valence electrons. The molecule has 1 aliphatic rings. The van der Waals surface area contributed by atoms with Gasteiger partial charge in [-0.25, -0.2) is 9.18 Å². The van der Waals surface area contributed by atoms with E-state index in [1.807, 2.05) is 0 Å². The van der Waals surface area contributed by atoms with Gasteiger partial charge in [0, 0.05) is 29.4 Å². The molecular weight excluding hydrogens is 568 g/mol. The van der Waals surface area contributed by atoms with Crippen LogP contribution < -0.4 is 30.2 Å². The maximum Gasteiger partial charge on any atom is 0.417 e. The molecule has 0 unspecified atom stereocenters. The third-order valence-electron chi connectivity index (χ3n) is 6.85. The van der Waals surface area contributed by atoms with Crippen LogP contribution >= 0.6 is 0 Å². The Balaban J connectivity index is 1.30. The highest BCUT2D eigenvalue weighted by Gasteiger charge is 2.33. The number of methoxy groups -OCH3 is 2. The molecule has 1 aliphatic heterocycles. The summed E-state index contributed by atoms with van der Waals surface area (Å²) in [6.07, 6.45) is -0.223. The van der Waals surface area contributed by atoms with E-state index in [2.05, 4.69) is 20.9 Å². The lowest BCUT2D eigenvalue weighted by atomic mass is 9.98. The number of halogens is 4. The Morgan fingerprint density at radius 2 is 1.67 bits per heavy atom. The number of nitrogens with one attached hydrogen (secondary N) is 3. The number of rotatable bonds is 7. The number of hydrogen-bond donors (Lipinski definition) is 3. The quantitative estimate of drug-likeness (QED) is 0.190. The van der Waals surface area contributed by atoms with Gasteiger partial charge in [0.1, 0.15) is 17.3 Å². The van der Waals surface area contributed by atoms with Crippen LogP contribution in [0.1, 0.15) is 24.0 Å². The first-order valence-corrected chi connectivity index (χ1v) is 13.3. The Morgan fingerprint density at radius 3 is 2.37 bits per heavy atom. The maximum atomic E-state index is 14.9. The van der Waals surface area contributed by atoms with Gasteiger partial charge >= 0.3 is 12.2 Å². The summed E-state index contributed by atoms with van der Waals surface area (Å²) in [6, 6.07) is 11.4. The smallest absolute Gasteiger partial charge is 0.417 e. The fourth-order valence-electron chi connectivity index (χ4n) is 4.73. The van der Waals surface area contributed by atoms with E-state index in [-0.39, 0.29) is 22.7 Å². The molecule has 0 saturated carbocycles. The topological polar surface area (TPSA) is 93.7 Å². The minimum atomic E-state index is -4.63. The third-order valence-corrected chi connectivity index (χ3v) is 6.85. The normalized spacial score (nSPS) is 13.4. The first kappa shape index (κ1) is 29.6. The van der Waals surface area contributed by atoms with Crippen molar-refractivity contribution in [3.05, 3.63) is 83.3 Å². The standard InChI is InChI=1S/C31H28F4N4O4/c1-41-28-16-22-26(17-29(28)42-2)37-12-9-27(22)43-21-5-6-25(24(32)15-21)39-30(40)38-20-4-3-19(23(14-20)31(33,34)35)13-18-7-10-36-11-8-18/h3-6,9,12-17,36H,7-8,10-11H2,1-2H3,(H2,38,39,40). The number of carbonyl (C=O) groups is 1. The minimum absolute atomic E-state index is 0.0246. The number of pyridine rings is 1. The van der Waals surface area contributed by atoms with Crippen LogP contribution in [0.3, 0.4) is 0 Å². The Hall–Kier alpha value is -4.84. The lowest BCUT2D eigenvalue weighted by Gasteiger charge is -2.18. The second-order valence-corrected chi connectivity index (χ2v) is 9.71. The summed E-state index contributed by atoms with van der Waals surface area (Å²) >= 11 is 0. The van der Waals surface area contributed by atoms with Crippen LogP contribution in [0.4, 0.5) is 33.7 Å². The van der Waals surface area contributed by atoms with Gasteiger partial charge in [-0.15, -0.1) is 0 Å². The van der Waals surface area contributed by atoms with Crippen LogP contribution in [0.15, 0.2) is 66.4 Å². The predicted molar refractivity (Wildman–Crippen MR) is 155 cm³/mol. The molecule has 8 nitrogen and oxygen atoms in total. The van der Waals surface area contributed by atoms with Crippen LogP contribution in [0.2, 0.25) is 0 Å². The second kappa shape index (κ2) is 12.6. The van der Waals surface area contributed by atoms with Gasteiger partial charge in [-0.2, -0.15) is 13.2 Å². The van der Waals surface area contributed by atoms with Crippen LogP contribution in [-0.2, 0) is 6.18 Å². The highest BCUT2D eigenvalue weighted by Crippen LogP contribution is 2.38. The van der Waals surface area contributed by atoms with Crippen LogP contribution in [-0.4, -0.2) is 38.3 Å². The first-order chi connectivity index (χ1) is 20.6. The fourth-order valence-corrected chi connectivity index (χ4v) is 4.73. The van der Waals surface area contributed by atoms with E-state index >= 15 is 0 Å². The number of piperidine rings is 1. The molecule has 0 atom stereocenters. The lowest BCUT2D eigenvalue weighted by Crippen LogP contribution is -2.23. The van der Waals surface area contributed by atoms with E-state index in [0.717, 1.165) is 17.7 Å². The molecule has 43 heavy (non-hydrogen) atoms. The van der Waals surface area contributed by atoms with Crippen molar-refractivity contribution >= 4 is 34.4 Å². The summed E-state index contributed by atoms with van der Waals surface area (Å²) in [6.45, 7) is 1.42. The third kappa shape index (κ3) is 6.97.